The summed E-state index contributed by atoms with van der Waals surface area (Å²) in [6, 6.07) is 15.5. The molecule has 1 aliphatic carbocycles. The fraction of sp³-hybridized carbons (Fsp3) is 0.455. The third-order valence-corrected chi connectivity index (χ3v) is 6.84. The molecule has 2 aromatic rings. The van der Waals surface area contributed by atoms with Crippen molar-refractivity contribution in [3.63, 3.8) is 0 Å². The van der Waals surface area contributed by atoms with Crippen LogP contribution in [0.15, 0.2) is 53.4 Å². The lowest BCUT2D eigenvalue weighted by atomic mass is 9.82. The summed E-state index contributed by atoms with van der Waals surface area (Å²) in [5.74, 6) is 1.20. The first-order valence-corrected chi connectivity index (χ1v) is 11.3. The average molecular weight is 404 g/mol. The minimum atomic E-state index is -3.54. The second kappa shape index (κ2) is 9.54. The fourth-order valence-corrected chi connectivity index (χ4v) is 5.13. The van der Waals surface area contributed by atoms with Crippen LogP contribution in [0.1, 0.15) is 42.7 Å². The lowest BCUT2D eigenvalue weighted by Gasteiger charge is -2.29. The summed E-state index contributed by atoms with van der Waals surface area (Å²) < 4.78 is 39.1. The number of hydrogen-bond donors (Lipinski definition) is 1. The van der Waals surface area contributed by atoms with E-state index in [0.29, 0.717) is 24.9 Å². The van der Waals surface area contributed by atoms with Gasteiger partial charge in [0.05, 0.1) is 11.5 Å². The first-order valence-electron chi connectivity index (χ1n) is 9.79. The molecular formula is C22H29NO4S. The van der Waals surface area contributed by atoms with Gasteiger partial charge in [0.15, 0.2) is 0 Å². The quantitative estimate of drug-likeness (QED) is 0.676. The van der Waals surface area contributed by atoms with Crippen LogP contribution in [0.5, 0.6) is 5.75 Å². The van der Waals surface area contributed by atoms with Crippen LogP contribution >= 0.6 is 0 Å². The zero-order valence-electron chi connectivity index (χ0n) is 16.6. The second-order valence-corrected chi connectivity index (χ2v) is 9.06. The first kappa shape index (κ1) is 20.8. The summed E-state index contributed by atoms with van der Waals surface area (Å²) in [7, 11) is -1.92. The number of hydrogen-bond acceptors (Lipinski definition) is 4. The molecule has 2 aromatic carbocycles. The fourth-order valence-electron chi connectivity index (χ4n) is 3.74. The summed E-state index contributed by atoms with van der Waals surface area (Å²) >= 11 is 0. The van der Waals surface area contributed by atoms with Crippen LogP contribution in [0.25, 0.3) is 0 Å². The van der Waals surface area contributed by atoms with E-state index >= 15 is 0 Å². The highest BCUT2D eigenvalue weighted by Crippen LogP contribution is 2.33. The Balaban J connectivity index is 1.59. The lowest BCUT2D eigenvalue weighted by molar-refractivity contribution is 0.146. The molecule has 0 unspecified atom stereocenters. The van der Waals surface area contributed by atoms with Crippen LogP contribution < -0.4 is 9.46 Å². The van der Waals surface area contributed by atoms with Crippen LogP contribution in [0.4, 0.5) is 0 Å². The SMILES string of the molecule is COCCOc1ccc(S(=O)(=O)NC2CCC(c3ccccc3)CC2)cc1C. The number of sulfonamides is 1. The third-order valence-electron chi connectivity index (χ3n) is 5.32. The number of nitrogens with one attached hydrogen (secondary N) is 1. The topological polar surface area (TPSA) is 64.6 Å². The average Bonchev–Trinajstić information content (AvgIpc) is 2.70. The van der Waals surface area contributed by atoms with Crippen molar-refractivity contribution in [2.75, 3.05) is 20.3 Å². The molecular weight excluding hydrogens is 374 g/mol. The van der Waals surface area contributed by atoms with Crippen molar-refractivity contribution >= 4 is 10.0 Å². The van der Waals surface area contributed by atoms with Crippen LogP contribution in [-0.2, 0) is 14.8 Å². The minimum absolute atomic E-state index is 0.0112. The molecule has 6 heteroatoms. The van der Waals surface area contributed by atoms with E-state index in [1.165, 1.54) is 5.56 Å². The Morgan fingerprint density at radius 3 is 2.36 bits per heavy atom. The number of aryl methyl sites for hydroxylation is 1. The van der Waals surface area contributed by atoms with Gasteiger partial charge in [0.2, 0.25) is 10.0 Å². The van der Waals surface area contributed by atoms with Gasteiger partial charge in [-0.05, 0) is 67.9 Å². The molecule has 3 rings (SSSR count). The van der Waals surface area contributed by atoms with Crippen molar-refractivity contribution in [3.8, 4) is 5.75 Å². The van der Waals surface area contributed by atoms with Gasteiger partial charge < -0.3 is 9.47 Å². The van der Waals surface area contributed by atoms with Crippen LogP contribution in [0.3, 0.4) is 0 Å². The molecule has 0 radical (unpaired) electrons. The number of rotatable bonds is 8. The summed E-state index contributed by atoms with van der Waals surface area (Å²) in [6.07, 6.45) is 3.72. The summed E-state index contributed by atoms with van der Waals surface area (Å²) in [4.78, 5) is 0.286. The number of benzene rings is 2. The monoisotopic (exact) mass is 403 g/mol. The van der Waals surface area contributed by atoms with Gasteiger partial charge in [-0.3, -0.25) is 0 Å². The van der Waals surface area contributed by atoms with Crippen molar-refractivity contribution in [2.45, 2.75) is 49.5 Å². The van der Waals surface area contributed by atoms with Crippen molar-refractivity contribution in [3.05, 3.63) is 59.7 Å². The Bertz CT molecular complexity index is 859. The van der Waals surface area contributed by atoms with E-state index in [1.807, 2.05) is 13.0 Å². The molecule has 0 aromatic heterocycles. The molecule has 0 amide bonds. The van der Waals surface area contributed by atoms with Crippen molar-refractivity contribution in [2.24, 2.45) is 0 Å². The molecule has 5 nitrogen and oxygen atoms in total. The zero-order valence-corrected chi connectivity index (χ0v) is 17.4. The van der Waals surface area contributed by atoms with Crippen LogP contribution in [0, 0.1) is 6.92 Å². The Hall–Kier alpha value is -1.89. The molecule has 152 valence electrons. The Morgan fingerprint density at radius 2 is 1.71 bits per heavy atom. The second-order valence-electron chi connectivity index (χ2n) is 7.35. The van der Waals surface area contributed by atoms with E-state index in [4.69, 9.17) is 9.47 Å². The number of methoxy groups -OCH3 is 1. The summed E-state index contributed by atoms with van der Waals surface area (Å²) in [5.41, 5.74) is 2.15. The molecule has 1 aliphatic rings. The molecule has 0 saturated heterocycles. The van der Waals surface area contributed by atoms with Gasteiger partial charge in [0.1, 0.15) is 12.4 Å². The third kappa shape index (κ3) is 5.34. The number of ether oxygens (including phenoxy) is 2. The highest BCUT2D eigenvalue weighted by atomic mass is 32.2. The normalized spacial score (nSPS) is 20.1. The van der Waals surface area contributed by atoms with Crippen molar-refractivity contribution in [1.29, 1.82) is 0 Å². The largest absolute Gasteiger partial charge is 0.491 e. The Kier molecular flexibility index (Phi) is 7.10. The Labute approximate surface area is 168 Å². The first-order chi connectivity index (χ1) is 13.5. The van der Waals surface area contributed by atoms with Gasteiger partial charge in [-0.2, -0.15) is 0 Å². The van der Waals surface area contributed by atoms with E-state index in [1.54, 1.807) is 25.3 Å². The standard InChI is InChI=1S/C22H29NO4S/c1-17-16-21(12-13-22(17)27-15-14-26-2)28(24,25)23-20-10-8-19(9-11-20)18-6-4-3-5-7-18/h3-7,12-13,16,19-20,23H,8-11,14-15H2,1-2H3. The molecule has 1 saturated carbocycles. The van der Waals surface area contributed by atoms with Gasteiger partial charge in [0, 0.05) is 13.2 Å². The summed E-state index contributed by atoms with van der Waals surface area (Å²) in [5, 5.41) is 0. The molecule has 0 atom stereocenters. The smallest absolute Gasteiger partial charge is 0.240 e. The van der Waals surface area contributed by atoms with Gasteiger partial charge in [-0.1, -0.05) is 30.3 Å². The van der Waals surface area contributed by atoms with Crippen LogP contribution in [0.2, 0.25) is 0 Å². The predicted molar refractivity (Wildman–Crippen MR) is 110 cm³/mol. The molecule has 0 heterocycles. The van der Waals surface area contributed by atoms with Gasteiger partial charge in [-0.15, -0.1) is 0 Å². The Morgan fingerprint density at radius 1 is 1.00 bits per heavy atom. The minimum Gasteiger partial charge on any atom is -0.491 e. The van der Waals surface area contributed by atoms with E-state index in [2.05, 4.69) is 29.0 Å². The molecule has 0 spiro atoms. The maximum Gasteiger partial charge on any atom is 0.240 e. The maximum absolute atomic E-state index is 12.8. The predicted octanol–water partition coefficient (Wildman–Crippen LogP) is 4.02. The van der Waals surface area contributed by atoms with Gasteiger partial charge in [-0.25, -0.2) is 13.1 Å². The highest BCUT2D eigenvalue weighted by molar-refractivity contribution is 7.89. The lowest BCUT2D eigenvalue weighted by Crippen LogP contribution is -2.37. The van der Waals surface area contributed by atoms with Crippen molar-refractivity contribution < 1.29 is 17.9 Å². The zero-order chi connectivity index (χ0) is 20.0. The van der Waals surface area contributed by atoms with E-state index in [9.17, 15) is 8.42 Å². The molecule has 1 N–H and O–H groups in total. The molecule has 0 aliphatic heterocycles. The van der Waals surface area contributed by atoms with Crippen molar-refractivity contribution in [1.82, 2.24) is 4.72 Å². The van der Waals surface area contributed by atoms with Gasteiger partial charge in [0.25, 0.3) is 0 Å². The van der Waals surface area contributed by atoms with E-state index in [-0.39, 0.29) is 10.9 Å². The van der Waals surface area contributed by atoms with E-state index < -0.39 is 10.0 Å². The molecule has 1 fully saturated rings. The van der Waals surface area contributed by atoms with Gasteiger partial charge >= 0.3 is 0 Å². The highest BCUT2D eigenvalue weighted by Gasteiger charge is 2.26. The summed E-state index contributed by atoms with van der Waals surface area (Å²) in [6.45, 7) is 2.78. The molecule has 28 heavy (non-hydrogen) atoms. The van der Waals surface area contributed by atoms with E-state index in [0.717, 1.165) is 31.2 Å². The maximum atomic E-state index is 12.8. The molecule has 0 bridgehead atoms. The van der Waals surface area contributed by atoms with Crippen LogP contribution in [-0.4, -0.2) is 34.8 Å².